The Bertz CT molecular complexity index is 404. The molecule has 0 radical (unpaired) electrons. The summed E-state index contributed by atoms with van der Waals surface area (Å²) in [5, 5.41) is 12.9. The average Bonchev–Trinajstić information content (AvgIpc) is 3.00. The number of fused-ring (bicyclic) bond motifs is 2. The summed E-state index contributed by atoms with van der Waals surface area (Å²) < 4.78 is 0. The van der Waals surface area contributed by atoms with Crippen molar-refractivity contribution in [3.63, 3.8) is 0 Å². The Kier molecular flexibility index (Phi) is 4.54. The van der Waals surface area contributed by atoms with Crippen LogP contribution < -0.4 is 5.32 Å². The van der Waals surface area contributed by atoms with Crippen LogP contribution >= 0.6 is 0 Å². The number of rotatable bonds is 4. The average molecular weight is 290 g/mol. The van der Waals surface area contributed by atoms with Gasteiger partial charge in [0.1, 0.15) is 5.54 Å². The summed E-state index contributed by atoms with van der Waals surface area (Å²) in [6.07, 6.45) is 8.72. The molecule has 0 aromatic heterocycles. The number of likely N-dealkylation sites (tertiary alicyclic amines) is 1. The van der Waals surface area contributed by atoms with E-state index in [1.165, 1.54) is 58.2 Å². The second-order valence-electron chi connectivity index (χ2n) is 7.35. The highest BCUT2D eigenvalue weighted by atomic mass is 15.3. The van der Waals surface area contributed by atoms with E-state index in [-0.39, 0.29) is 5.54 Å². The van der Waals surface area contributed by atoms with Crippen LogP contribution in [0.2, 0.25) is 0 Å². The molecule has 1 aliphatic carbocycles. The van der Waals surface area contributed by atoms with Crippen molar-refractivity contribution in [1.29, 1.82) is 5.26 Å². The van der Waals surface area contributed by atoms with Crippen LogP contribution in [0.15, 0.2) is 0 Å². The van der Waals surface area contributed by atoms with Gasteiger partial charge in [-0.1, -0.05) is 6.42 Å². The van der Waals surface area contributed by atoms with Crippen molar-refractivity contribution in [2.75, 3.05) is 33.7 Å². The van der Waals surface area contributed by atoms with Gasteiger partial charge in [-0.15, -0.1) is 0 Å². The Morgan fingerprint density at radius 3 is 2.81 bits per heavy atom. The summed E-state index contributed by atoms with van der Waals surface area (Å²) in [6.45, 7) is 3.66. The summed E-state index contributed by atoms with van der Waals surface area (Å²) in [7, 11) is 4.27. The van der Waals surface area contributed by atoms with Gasteiger partial charge in [0.25, 0.3) is 0 Å². The van der Waals surface area contributed by atoms with E-state index in [1.54, 1.807) is 0 Å². The first-order valence-electron chi connectivity index (χ1n) is 8.73. The van der Waals surface area contributed by atoms with Crippen molar-refractivity contribution in [1.82, 2.24) is 15.1 Å². The van der Waals surface area contributed by atoms with Gasteiger partial charge < -0.3 is 10.2 Å². The molecule has 21 heavy (non-hydrogen) atoms. The maximum absolute atomic E-state index is 9.56. The van der Waals surface area contributed by atoms with Gasteiger partial charge in [0, 0.05) is 18.6 Å². The van der Waals surface area contributed by atoms with Gasteiger partial charge in [0.15, 0.2) is 0 Å². The molecule has 0 amide bonds. The van der Waals surface area contributed by atoms with Crippen LogP contribution in [0.5, 0.6) is 0 Å². The standard InChI is InChI=1S/C17H30N4/c1-19-17(13-18)9-3-4-14(17)7-10-21-11-8-15-5-6-16(12-21)20(15)2/h14-16,19H,3-12H2,1-2H3. The van der Waals surface area contributed by atoms with Crippen LogP contribution in [-0.2, 0) is 0 Å². The number of hydrogen-bond acceptors (Lipinski definition) is 4. The smallest absolute Gasteiger partial charge is 0.109 e. The Morgan fingerprint density at radius 1 is 1.24 bits per heavy atom. The predicted octanol–water partition coefficient (Wildman–Crippen LogP) is 1.83. The fourth-order valence-electron chi connectivity index (χ4n) is 4.92. The second kappa shape index (κ2) is 6.24. The third-order valence-corrected chi connectivity index (χ3v) is 6.49. The topological polar surface area (TPSA) is 42.3 Å². The first-order valence-corrected chi connectivity index (χ1v) is 8.73. The third-order valence-electron chi connectivity index (χ3n) is 6.49. The molecule has 1 saturated carbocycles. The molecular weight excluding hydrogens is 260 g/mol. The molecule has 0 aromatic carbocycles. The van der Waals surface area contributed by atoms with E-state index in [0.717, 1.165) is 18.5 Å². The van der Waals surface area contributed by atoms with Gasteiger partial charge in [-0.2, -0.15) is 5.26 Å². The van der Waals surface area contributed by atoms with Crippen molar-refractivity contribution in [2.45, 2.75) is 62.6 Å². The van der Waals surface area contributed by atoms with E-state index < -0.39 is 0 Å². The van der Waals surface area contributed by atoms with Crippen LogP contribution in [0, 0.1) is 17.2 Å². The van der Waals surface area contributed by atoms with Gasteiger partial charge in [-0.25, -0.2) is 0 Å². The first-order chi connectivity index (χ1) is 10.2. The van der Waals surface area contributed by atoms with Crippen molar-refractivity contribution in [3.05, 3.63) is 0 Å². The highest BCUT2D eigenvalue weighted by molar-refractivity contribution is 5.13. The van der Waals surface area contributed by atoms with Crippen LogP contribution in [0.4, 0.5) is 0 Å². The highest BCUT2D eigenvalue weighted by Gasteiger charge is 2.42. The van der Waals surface area contributed by atoms with E-state index in [4.69, 9.17) is 0 Å². The molecule has 4 unspecified atom stereocenters. The summed E-state index contributed by atoms with van der Waals surface area (Å²) in [4.78, 5) is 5.28. The molecule has 0 spiro atoms. The lowest BCUT2D eigenvalue weighted by Gasteiger charge is -2.31. The SMILES string of the molecule is CNC1(C#N)CCCC1CCN1CCC2CCC(C1)N2C. The van der Waals surface area contributed by atoms with Crippen LogP contribution in [0.3, 0.4) is 0 Å². The Balaban J connectivity index is 1.55. The van der Waals surface area contributed by atoms with Gasteiger partial charge in [0.2, 0.25) is 0 Å². The van der Waals surface area contributed by atoms with E-state index >= 15 is 0 Å². The van der Waals surface area contributed by atoms with Crippen molar-refractivity contribution >= 4 is 0 Å². The minimum Gasteiger partial charge on any atom is -0.302 e. The highest BCUT2D eigenvalue weighted by Crippen LogP contribution is 2.37. The lowest BCUT2D eigenvalue weighted by atomic mass is 9.86. The van der Waals surface area contributed by atoms with Gasteiger partial charge >= 0.3 is 0 Å². The molecule has 3 fully saturated rings. The predicted molar refractivity (Wildman–Crippen MR) is 85.0 cm³/mol. The molecule has 3 aliphatic rings. The maximum atomic E-state index is 9.56. The quantitative estimate of drug-likeness (QED) is 0.858. The normalized spacial score (nSPS) is 41.1. The van der Waals surface area contributed by atoms with Crippen LogP contribution in [0.1, 0.15) is 44.9 Å². The van der Waals surface area contributed by atoms with Crippen molar-refractivity contribution < 1.29 is 0 Å². The summed E-state index contributed by atoms with van der Waals surface area (Å²) in [5.41, 5.74) is -0.248. The van der Waals surface area contributed by atoms with Gasteiger partial charge in [-0.3, -0.25) is 4.90 Å². The minimum atomic E-state index is -0.248. The second-order valence-corrected chi connectivity index (χ2v) is 7.35. The lowest BCUT2D eigenvalue weighted by Crippen LogP contribution is -2.46. The molecule has 2 saturated heterocycles. The van der Waals surface area contributed by atoms with Crippen LogP contribution in [0.25, 0.3) is 0 Å². The summed E-state index contributed by atoms with van der Waals surface area (Å²) >= 11 is 0. The number of hydrogen-bond donors (Lipinski definition) is 1. The molecular formula is C17H30N4. The molecule has 2 heterocycles. The Hall–Kier alpha value is -0.630. The minimum absolute atomic E-state index is 0.248. The number of nitrogens with zero attached hydrogens (tertiary/aromatic N) is 3. The first kappa shape index (κ1) is 15.3. The zero-order valence-electron chi connectivity index (χ0n) is 13.6. The molecule has 2 bridgehead atoms. The maximum Gasteiger partial charge on any atom is 0.109 e. The number of nitriles is 1. The Labute approximate surface area is 129 Å². The molecule has 1 N–H and O–H groups in total. The lowest BCUT2D eigenvalue weighted by molar-refractivity contribution is 0.199. The molecule has 4 heteroatoms. The van der Waals surface area contributed by atoms with Crippen LogP contribution in [-0.4, -0.2) is 61.2 Å². The van der Waals surface area contributed by atoms with Crippen molar-refractivity contribution in [2.24, 2.45) is 5.92 Å². The number of likely N-dealkylation sites (N-methyl/N-ethyl adjacent to an activating group) is 1. The zero-order chi connectivity index (χ0) is 14.9. The van der Waals surface area contributed by atoms with Crippen molar-refractivity contribution in [3.8, 4) is 6.07 Å². The molecule has 4 nitrogen and oxygen atoms in total. The Morgan fingerprint density at radius 2 is 2.05 bits per heavy atom. The molecule has 4 atom stereocenters. The van der Waals surface area contributed by atoms with E-state index in [0.29, 0.717) is 5.92 Å². The molecule has 3 rings (SSSR count). The third kappa shape index (κ3) is 2.84. The monoisotopic (exact) mass is 290 g/mol. The van der Waals surface area contributed by atoms with Gasteiger partial charge in [-0.05, 0) is 71.6 Å². The molecule has 118 valence electrons. The van der Waals surface area contributed by atoms with Gasteiger partial charge in [0.05, 0.1) is 6.07 Å². The van der Waals surface area contributed by atoms with E-state index in [1.807, 2.05) is 7.05 Å². The fourth-order valence-corrected chi connectivity index (χ4v) is 4.92. The summed E-state index contributed by atoms with van der Waals surface area (Å²) in [5.74, 6) is 0.533. The largest absolute Gasteiger partial charge is 0.302 e. The molecule has 2 aliphatic heterocycles. The van der Waals surface area contributed by atoms with E-state index in [9.17, 15) is 5.26 Å². The van der Waals surface area contributed by atoms with E-state index in [2.05, 4.69) is 28.2 Å². The molecule has 0 aromatic rings. The summed E-state index contributed by atoms with van der Waals surface area (Å²) in [6, 6.07) is 4.16. The number of nitrogens with one attached hydrogen (secondary N) is 1. The fraction of sp³-hybridized carbons (Fsp3) is 0.941. The zero-order valence-corrected chi connectivity index (χ0v) is 13.6.